The zero-order chi connectivity index (χ0) is 41.9. The molecule has 2 heteroatoms. The first-order chi connectivity index (χ1) is 29.4. The standard InChI is InChI=1S/C59H50O2/c1-9-37-25-29-50-56(60-52-30-34(2)22-27-48(52)58(50,5)6)55(37)46-33-51-57(61-53-31-35(3)23-28-49(53)59(51,7)8)54(36(46)4)38-24-26-45-43-20-13-12-18-41(43)39-16-10-11-17-40(39)42-19-14-15-21-44(42)47(45)32-38/h10-33H,9H2,1-8H3. The van der Waals surface area contributed by atoms with Gasteiger partial charge in [-0.25, -0.2) is 0 Å². The van der Waals surface area contributed by atoms with E-state index in [1.165, 1.54) is 100 Å². The highest BCUT2D eigenvalue weighted by Crippen LogP contribution is 2.59. The van der Waals surface area contributed by atoms with E-state index in [2.05, 4.69) is 201 Å². The lowest BCUT2D eigenvalue weighted by Crippen LogP contribution is -2.26. The molecule has 0 saturated heterocycles. The molecule has 11 rings (SSSR count). The molecule has 0 spiro atoms. The summed E-state index contributed by atoms with van der Waals surface area (Å²) >= 11 is 0. The molecule has 1 aliphatic carbocycles. The summed E-state index contributed by atoms with van der Waals surface area (Å²) in [5, 5.41) is 0. The molecule has 0 aromatic heterocycles. The lowest BCUT2D eigenvalue weighted by atomic mass is 9.71. The van der Waals surface area contributed by atoms with Crippen LogP contribution in [0.4, 0.5) is 0 Å². The molecule has 0 fully saturated rings. The van der Waals surface area contributed by atoms with Gasteiger partial charge in [0, 0.05) is 44.2 Å². The molecular weight excluding hydrogens is 741 g/mol. The molecule has 2 heterocycles. The average Bonchev–Trinajstić information content (AvgIpc) is 3.25. The fourth-order valence-electron chi connectivity index (χ4n) is 10.7. The molecule has 298 valence electrons. The normalized spacial score (nSPS) is 14.5. The Kier molecular flexibility index (Phi) is 8.23. The van der Waals surface area contributed by atoms with Crippen LogP contribution in [0.2, 0.25) is 0 Å². The van der Waals surface area contributed by atoms with Crippen molar-refractivity contribution in [2.24, 2.45) is 0 Å². The molecule has 3 aliphatic rings. The Morgan fingerprint density at radius 3 is 1.34 bits per heavy atom. The maximum Gasteiger partial charge on any atom is 0.139 e. The molecule has 0 bridgehead atoms. The second-order valence-electron chi connectivity index (χ2n) is 18.5. The summed E-state index contributed by atoms with van der Waals surface area (Å²) in [6, 6.07) is 54.2. The van der Waals surface area contributed by atoms with Crippen molar-refractivity contribution in [2.45, 2.75) is 72.6 Å². The van der Waals surface area contributed by atoms with E-state index in [9.17, 15) is 0 Å². The maximum atomic E-state index is 7.24. The minimum Gasteiger partial charge on any atom is -0.456 e. The van der Waals surface area contributed by atoms with Crippen molar-refractivity contribution in [2.75, 3.05) is 0 Å². The Bertz CT molecular complexity index is 3150. The van der Waals surface area contributed by atoms with Crippen LogP contribution < -0.4 is 9.47 Å². The third kappa shape index (κ3) is 5.47. The SMILES string of the molecule is CCc1ccc2c(c1-c1cc3c(c(-c4ccc5c(c4)-c4ccccc4-c4ccccc4-c4ccccc4-5)c1C)Oc1cc(C)ccc1C3(C)C)Oc1cc(C)ccc1C2(C)C. The Morgan fingerprint density at radius 2 is 0.836 bits per heavy atom. The Labute approximate surface area is 360 Å². The smallest absolute Gasteiger partial charge is 0.139 e. The van der Waals surface area contributed by atoms with Crippen molar-refractivity contribution < 1.29 is 9.47 Å². The molecule has 0 N–H and O–H groups in total. The Morgan fingerprint density at radius 1 is 0.393 bits per heavy atom. The number of benzene rings is 8. The number of rotatable bonds is 3. The van der Waals surface area contributed by atoms with Crippen LogP contribution in [0.3, 0.4) is 0 Å². The van der Waals surface area contributed by atoms with E-state index in [1.807, 2.05) is 0 Å². The van der Waals surface area contributed by atoms with E-state index < -0.39 is 0 Å². The fraction of sp³-hybridized carbons (Fsp3) is 0.186. The number of fused-ring (bicyclic) bond motifs is 12. The predicted octanol–water partition coefficient (Wildman–Crippen LogP) is 16.4. The zero-order valence-corrected chi connectivity index (χ0v) is 36.4. The van der Waals surface area contributed by atoms with Gasteiger partial charge in [0.1, 0.15) is 23.0 Å². The number of ether oxygens (including phenoxy) is 2. The fourth-order valence-corrected chi connectivity index (χ4v) is 10.7. The highest BCUT2D eigenvalue weighted by atomic mass is 16.5. The van der Waals surface area contributed by atoms with Crippen molar-refractivity contribution in [1.29, 1.82) is 0 Å². The zero-order valence-electron chi connectivity index (χ0n) is 36.4. The van der Waals surface area contributed by atoms with E-state index in [-0.39, 0.29) is 10.8 Å². The van der Waals surface area contributed by atoms with Gasteiger partial charge in [-0.1, -0.05) is 156 Å². The first kappa shape index (κ1) is 37.4. The summed E-state index contributed by atoms with van der Waals surface area (Å²) in [7, 11) is 0. The second kappa shape index (κ2) is 13.4. The molecule has 8 aromatic carbocycles. The van der Waals surface area contributed by atoms with E-state index in [4.69, 9.17) is 9.47 Å². The van der Waals surface area contributed by atoms with E-state index in [0.717, 1.165) is 40.5 Å². The highest BCUT2D eigenvalue weighted by molar-refractivity contribution is 6.04. The molecular formula is C59H50O2. The lowest BCUT2D eigenvalue weighted by molar-refractivity contribution is 0.416. The van der Waals surface area contributed by atoms with Crippen molar-refractivity contribution in [3.8, 4) is 89.8 Å². The van der Waals surface area contributed by atoms with Gasteiger partial charge in [-0.3, -0.25) is 0 Å². The summed E-state index contributed by atoms with van der Waals surface area (Å²) in [6.07, 6.45) is 0.872. The van der Waals surface area contributed by atoms with E-state index in [0.29, 0.717) is 0 Å². The van der Waals surface area contributed by atoms with Gasteiger partial charge in [0.05, 0.1) is 0 Å². The molecule has 8 aromatic rings. The predicted molar refractivity (Wildman–Crippen MR) is 253 cm³/mol. The summed E-state index contributed by atoms with van der Waals surface area (Å²) in [4.78, 5) is 0. The molecule has 61 heavy (non-hydrogen) atoms. The summed E-state index contributed by atoms with van der Waals surface area (Å²) < 4.78 is 14.4. The molecule has 0 unspecified atom stereocenters. The van der Waals surface area contributed by atoms with Gasteiger partial charge in [-0.2, -0.15) is 0 Å². The minimum absolute atomic E-state index is 0.250. The van der Waals surface area contributed by atoms with Gasteiger partial charge in [-0.15, -0.1) is 0 Å². The van der Waals surface area contributed by atoms with Crippen LogP contribution in [0.25, 0.3) is 66.8 Å². The number of aryl methyl sites for hydroxylation is 3. The van der Waals surface area contributed by atoms with Gasteiger partial charge >= 0.3 is 0 Å². The molecule has 0 radical (unpaired) electrons. The van der Waals surface area contributed by atoms with Crippen LogP contribution in [0.5, 0.6) is 23.0 Å². The average molecular weight is 791 g/mol. The van der Waals surface area contributed by atoms with E-state index >= 15 is 0 Å². The monoisotopic (exact) mass is 790 g/mol. The third-order valence-electron chi connectivity index (χ3n) is 14.1. The minimum atomic E-state index is -0.349. The van der Waals surface area contributed by atoms with Crippen LogP contribution in [0, 0.1) is 20.8 Å². The highest BCUT2D eigenvalue weighted by Gasteiger charge is 2.40. The first-order valence-corrected chi connectivity index (χ1v) is 21.8. The Balaban J connectivity index is 1.23. The molecule has 0 atom stereocenters. The van der Waals surface area contributed by atoms with Gasteiger partial charge in [0.2, 0.25) is 0 Å². The number of hydrogen-bond acceptors (Lipinski definition) is 2. The molecule has 0 saturated carbocycles. The lowest BCUT2D eigenvalue weighted by Gasteiger charge is -2.38. The van der Waals surface area contributed by atoms with Crippen LogP contribution >= 0.6 is 0 Å². The van der Waals surface area contributed by atoms with Gasteiger partial charge in [0.15, 0.2) is 0 Å². The summed E-state index contributed by atoms with van der Waals surface area (Å²) in [5.41, 5.74) is 23.5. The molecule has 0 amide bonds. The summed E-state index contributed by atoms with van der Waals surface area (Å²) in [5.74, 6) is 3.76. The molecule has 2 nitrogen and oxygen atoms in total. The van der Waals surface area contributed by atoms with Crippen LogP contribution in [-0.2, 0) is 17.3 Å². The van der Waals surface area contributed by atoms with Crippen LogP contribution in [0.15, 0.2) is 146 Å². The van der Waals surface area contributed by atoms with Crippen molar-refractivity contribution in [3.63, 3.8) is 0 Å². The summed E-state index contributed by atoms with van der Waals surface area (Å²) in [6.45, 7) is 18.3. The maximum absolute atomic E-state index is 7.24. The topological polar surface area (TPSA) is 18.5 Å². The van der Waals surface area contributed by atoms with E-state index in [1.54, 1.807) is 0 Å². The van der Waals surface area contributed by atoms with Gasteiger partial charge in [-0.05, 0) is 129 Å². The second-order valence-corrected chi connectivity index (χ2v) is 18.5. The third-order valence-corrected chi connectivity index (χ3v) is 14.1. The number of hydrogen-bond donors (Lipinski definition) is 0. The van der Waals surface area contributed by atoms with Gasteiger partial charge < -0.3 is 9.47 Å². The van der Waals surface area contributed by atoms with Crippen LogP contribution in [-0.4, -0.2) is 0 Å². The Hall–Kier alpha value is -6.64. The quantitative estimate of drug-likeness (QED) is 0.177. The largest absolute Gasteiger partial charge is 0.456 e. The van der Waals surface area contributed by atoms with Crippen LogP contribution in [0.1, 0.15) is 79.1 Å². The van der Waals surface area contributed by atoms with Crippen molar-refractivity contribution >= 4 is 0 Å². The molecule has 2 aliphatic heterocycles. The van der Waals surface area contributed by atoms with Gasteiger partial charge in [0.25, 0.3) is 0 Å². The van der Waals surface area contributed by atoms with Crippen molar-refractivity contribution in [1.82, 2.24) is 0 Å². The first-order valence-electron chi connectivity index (χ1n) is 21.8. The van der Waals surface area contributed by atoms with Crippen molar-refractivity contribution in [3.05, 3.63) is 190 Å².